The Morgan fingerprint density at radius 3 is 0.648 bits per heavy atom. The van der Waals surface area contributed by atoms with Gasteiger partial charge in [-0.15, -0.1) is 0 Å². The molecule has 0 spiro atoms. The minimum absolute atomic E-state index is 0.0688. The van der Waals surface area contributed by atoms with Gasteiger partial charge < -0.3 is 40.2 Å². The summed E-state index contributed by atoms with van der Waals surface area (Å²) >= 11 is 0. The SMILES string of the molecule is O=C(CN1CCN(CC(=O)NCc2ccccc2OCc2ccccc2)CCN(CC(=O)NCc2ccccc2OCc2ccccc2)CCN(CC(=O)NCc2ccccc2OCc2ccccc2)CC1)NCc1ccccc1OCc1ccccc1. The maximum Gasteiger partial charge on any atom is 0.234 e. The Balaban J connectivity index is 0.894. The van der Waals surface area contributed by atoms with Gasteiger partial charge in [-0.3, -0.25) is 38.8 Å². The average molecular weight is 1190 g/mol. The van der Waals surface area contributed by atoms with Gasteiger partial charge in [-0.1, -0.05) is 194 Å². The predicted molar refractivity (Wildman–Crippen MR) is 342 cm³/mol. The van der Waals surface area contributed by atoms with Gasteiger partial charge in [-0.05, 0) is 46.5 Å². The zero-order valence-electron chi connectivity index (χ0n) is 50.0. The topological polar surface area (TPSA) is 166 Å². The highest BCUT2D eigenvalue weighted by molar-refractivity contribution is 5.79. The van der Waals surface area contributed by atoms with E-state index >= 15 is 0 Å². The van der Waals surface area contributed by atoms with Gasteiger partial charge in [0.2, 0.25) is 23.6 Å². The van der Waals surface area contributed by atoms with E-state index in [9.17, 15) is 19.2 Å². The number of para-hydroxylation sites is 4. The number of carbonyl (C=O) groups excluding carboxylic acids is 4. The first-order valence-corrected chi connectivity index (χ1v) is 30.2. The van der Waals surface area contributed by atoms with Crippen LogP contribution in [0.1, 0.15) is 44.5 Å². The normalized spacial score (nSPS) is 13.6. The van der Waals surface area contributed by atoms with E-state index in [2.05, 4.69) is 40.9 Å². The highest BCUT2D eigenvalue weighted by Gasteiger charge is 2.23. The van der Waals surface area contributed by atoms with Gasteiger partial charge >= 0.3 is 0 Å². The molecule has 4 amide bonds. The maximum absolute atomic E-state index is 14.1. The van der Waals surface area contributed by atoms with Crippen LogP contribution in [0, 0.1) is 0 Å². The molecule has 0 unspecified atom stereocenters. The van der Waals surface area contributed by atoms with Crippen molar-refractivity contribution in [3.05, 3.63) is 263 Å². The van der Waals surface area contributed by atoms with Gasteiger partial charge in [-0.2, -0.15) is 0 Å². The van der Waals surface area contributed by atoms with E-state index in [1.807, 2.05) is 218 Å². The molecule has 456 valence electrons. The number of rotatable bonds is 28. The van der Waals surface area contributed by atoms with Crippen LogP contribution in [0.2, 0.25) is 0 Å². The van der Waals surface area contributed by atoms with E-state index in [1.54, 1.807) is 0 Å². The molecule has 16 nitrogen and oxygen atoms in total. The molecule has 88 heavy (non-hydrogen) atoms. The van der Waals surface area contributed by atoms with Crippen LogP contribution in [0.4, 0.5) is 0 Å². The highest BCUT2D eigenvalue weighted by Crippen LogP contribution is 2.23. The van der Waals surface area contributed by atoms with E-state index < -0.39 is 0 Å². The van der Waals surface area contributed by atoms with Crippen molar-refractivity contribution in [2.24, 2.45) is 0 Å². The van der Waals surface area contributed by atoms with Gasteiger partial charge in [0.25, 0.3) is 0 Å². The fraction of sp³-hybridized carbons (Fsp3) is 0.278. The van der Waals surface area contributed by atoms with E-state index in [0.29, 0.717) is 102 Å². The molecule has 9 rings (SSSR count). The zero-order chi connectivity index (χ0) is 60.8. The number of hydrogen-bond donors (Lipinski definition) is 4. The lowest BCUT2D eigenvalue weighted by Crippen LogP contribution is -2.51. The van der Waals surface area contributed by atoms with Crippen LogP contribution in [0.5, 0.6) is 23.0 Å². The summed E-state index contributed by atoms with van der Waals surface area (Å²) in [5, 5.41) is 12.6. The van der Waals surface area contributed by atoms with Crippen molar-refractivity contribution in [2.45, 2.75) is 52.6 Å². The molecule has 1 aliphatic heterocycles. The summed E-state index contributed by atoms with van der Waals surface area (Å²) in [6, 6.07) is 70.6. The zero-order valence-corrected chi connectivity index (χ0v) is 50.0. The van der Waals surface area contributed by atoms with Crippen molar-refractivity contribution in [3.63, 3.8) is 0 Å². The third kappa shape index (κ3) is 21.6. The Labute approximate surface area is 517 Å². The number of nitrogens with one attached hydrogen (secondary N) is 4. The van der Waals surface area contributed by atoms with Crippen molar-refractivity contribution in [1.82, 2.24) is 40.9 Å². The molecule has 0 bridgehead atoms. The Morgan fingerprint density at radius 1 is 0.261 bits per heavy atom. The Kier molecular flexibility index (Phi) is 24.9. The number of amides is 4. The molecule has 16 heteroatoms. The van der Waals surface area contributed by atoms with Crippen LogP contribution in [0.3, 0.4) is 0 Å². The number of nitrogens with zero attached hydrogens (tertiary/aromatic N) is 4. The lowest BCUT2D eigenvalue weighted by Gasteiger charge is -2.33. The Hall–Kier alpha value is -9.32. The first-order chi connectivity index (χ1) is 43.2. The fourth-order valence-electron chi connectivity index (χ4n) is 10.1. The monoisotopic (exact) mass is 1180 g/mol. The molecular weight excluding hydrogens is 1100 g/mol. The van der Waals surface area contributed by atoms with Crippen LogP contribution < -0.4 is 40.2 Å². The standard InChI is InChI=1S/C72H80N8O8/c81-69(73-45-61-29-13-17-33-65(61)85-53-57-21-5-1-6-22-57)49-77-37-39-78(50-70(82)74-46-62-30-14-18-34-66(62)86-54-58-23-7-2-8-24-58)41-43-80(52-72(84)76-48-64-32-16-20-36-68(64)88-56-60-27-11-4-12-28-60)44-42-79(40-38-77)51-71(83)75-47-63-31-15-19-35-67(63)87-55-59-25-9-3-10-26-59/h1-36H,37-56H2,(H,73,81)(H,74,82)(H,75,83)(H,76,84). The summed E-state index contributed by atoms with van der Waals surface area (Å²) in [5.41, 5.74) is 7.54. The van der Waals surface area contributed by atoms with E-state index in [0.717, 1.165) is 44.5 Å². The van der Waals surface area contributed by atoms with E-state index in [4.69, 9.17) is 18.9 Å². The van der Waals surface area contributed by atoms with Gasteiger partial charge in [0.1, 0.15) is 49.4 Å². The lowest BCUT2D eigenvalue weighted by molar-refractivity contribution is -0.125. The Morgan fingerprint density at radius 2 is 0.443 bits per heavy atom. The van der Waals surface area contributed by atoms with Gasteiger partial charge in [0.05, 0.1) is 26.2 Å². The second kappa shape index (κ2) is 34.7. The molecule has 4 N–H and O–H groups in total. The summed E-state index contributed by atoms with van der Waals surface area (Å²) in [4.78, 5) is 64.7. The molecule has 1 aliphatic rings. The van der Waals surface area contributed by atoms with Gasteiger partial charge in [0.15, 0.2) is 0 Å². The van der Waals surface area contributed by atoms with Crippen LogP contribution in [-0.2, 0) is 71.8 Å². The highest BCUT2D eigenvalue weighted by atomic mass is 16.5. The molecule has 1 saturated heterocycles. The number of benzene rings is 8. The lowest BCUT2D eigenvalue weighted by atomic mass is 10.2. The molecule has 0 aromatic heterocycles. The minimum atomic E-state index is -0.178. The second-order valence-corrected chi connectivity index (χ2v) is 21.7. The van der Waals surface area contributed by atoms with Crippen LogP contribution in [0.25, 0.3) is 0 Å². The van der Waals surface area contributed by atoms with Crippen molar-refractivity contribution in [1.29, 1.82) is 0 Å². The van der Waals surface area contributed by atoms with E-state index in [-0.39, 0.29) is 76.0 Å². The molecule has 8 aromatic rings. The smallest absolute Gasteiger partial charge is 0.234 e. The van der Waals surface area contributed by atoms with Crippen LogP contribution in [0.15, 0.2) is 218 Å². The first-order valence-electron chi connectivity index (χ1n) is 30.2. The third-order valence-electron chi connectivity index (χ3n) is 15.1. The molecule has 1 fully saturated rings. The Bertz CT molecular complexity index is 2950. The summed E-state index contributed by atoms with van der Waals surface area (Å²) < 4.78 is 24.9. The minimum Gasteiger partial charge on any atom is -0.489 e. The van der Waals surface area contributed by atoms with Crippen molar-refractivity contribution in [2.75, 3.05) is 78.5 Å². The van der Waals surface area contributed by atoms with Crippen LogP contribution in [-0.4, -0.2) is 122 Å². The van der Waals surface area contributed by atoms with Crippen LogP contribution >= 0.6 is 0 Å². The summed E-state index contributed by atoms with van der Waals surface area (Å²) in [7, 11) is 0. The van der Waals surface area contributed by atoms with Crippen molar-refractivity contribution >= 4 is 23.6 Å². The first kappa shape index (κ1) is 63.2. The molecular formula is C72H80N8O8. The molecule has 0 saturated carbocycles. The van der Waals surface area contributed by atoms with E-state index in [1.165, 1.54) is 0 Å². The summed E-state index contributed by atoms with van der Waals surface area (Å²) in [5.74, 6) is 2.04. The molecule has 0 atom stereocenters. The second-order valence-electron chi connectivity index (χ2n) is 21.7. The summed E-state index contributed by atoms with van der Waals surface area (Å²) in [6.07, 6.45) is 0. The summed E-state index contributed by atoms with van der Waals surface area (Å²) in [6.45, 7) is 6.31. The number of carbonyl (C=O) groups is 4. The maximum atomic E-state index is 14.1. The van der Waals surface area contributed by atoms with Gasteiger partial charge in [-0.25, -0.2) is 0 Å². The molecule has 8 aromatic carbocycles. The fourth-order valence-corrected chi connectivity index (χ4v) is 10.1. The number of hydrogen-bond acceptors (Lipinski definition) is 12. The predicted octanol–water partition coefficient (Wildman–Crippen LogP) is 8.79. The molecule has 1 heterocycles. The third-order valence-corrected chi connectivity index (χ3v) is 15.1. The van der Waals surface area contributed by atoms with Crippen molar-refractivity contribution in [3.8, 4) is 23.0 Å². The van der Waals surface area contributed by atoms with Crippen molar-refractivity contribution < 1.29 is 38.1 Å². The quantitative estimate of drug-likeness (QED) is 0.0369. The van der Waals surface area contributed by atoms with Gasteiger partial charge in [0, 0.05) is 101 Å². The average Bonchev–Trinajstić information content (AvgIpc) is 3.77. The largest absolute Gasteiger partial charge is 0.489 e. The molecule has 0 aliphatic carbocycles. The molecule has 0 radical (unpaired) electrons. The number of ether oxygens (including phenoxy) is 4.